The molecule has 0 spiro atoms. The predicted molar refractivity (Wildman–Crippen MR) is 181 cm³/mol. The van der Waals surface area contributed by atoms with Crippen molar-refractivity contribution in [2.24, 2.45) is 0 Å². The molecule has 0 atom stereocenters. The minimum atomic E-state index is -4.52. The van der Waals surface area contributed by atoms with Crippen molar-refractivity contribution in [2.75, 3.05) is 0 Å². The van der Waals surface area contributed by atoms with Crippen molar-refractivity contribution < 1.29 is 64.4 Å². The first-order valence-corrected chi connectivity index (χ1v) is 19.4. The second-order valence-electron chi connectivity index (χ2n) is 12.8. The molecule has 0 unspecified atom stereocenters. The summed E-state index contributed by atoms with van der Waals surface area (Å²) in [6.45, 7) is 4.53. The average molecular weight is 639 g/mol. The van der Waals surface area contributed by atoms with Gasteiger partial charge in [-0.15, -0.1) is 0 Å². The van der Waals surface area contributed by atoms with Crippen molar-refractivity contribution in [3.8, 4) is 0 Å². The fourth-order valence-corrected chi connectivity index (χ4v) is 7.30. The van der Waals surface area contributed by atoms with Gasteiger partial charge in [0, 0.05) is 0 Å². The molecule has 0 radical (unpaired) electrons. The maximum atomic E-state index is 12.4. The Hall–Kier alpha value is 0.246. The van der Waals surface area contributed by atoms with E-state index in [2.05, 4.69) is 19.9 Å². The molecule has 0 saturated heterocycles. The van der Waals surface area contributed by atoms with Crippen LogP contribution in [0.3, 0.4) is 0 Å². The molecule has 3 nitrogen and oxygen atoms in total. The number of rotatable bonds is 27. The Labute approximate surface area is 309 Å². The molecule has 0 amide bonds. The molecule has 0 fully saturated rings. The van der Waals surface area contributed by atoms with E-state index in [1.165, 1.54) is 128 Å². The maximum absolute atomic E-state index is 12.4. The molecule has 2 aromatic rings. The van der Waals surface area contributed by atoms with Gasteiger partial charge in [0.2, 0.25) is 0 Å². The van der Waals surface area contributed by atoms with Gasteiger partial charge in [-0.2, -0.15) is 0 Å². The van der Waals surface area contributed by atoms with Crippen LogP contribution in [-0.4, -0.2) is 13.0 Å². The fourth-order valence-electron chi connectivity index (χ4n) is 6.51. The number of hydrogen-bond acceptors (Lipinski definition) is 3. The SMILES string of the molecule is CCCCCCCCCCCCCCc1c(S(=O)(=O)[O-])cc2ccccc2c1CCCCCCCCCCCCCC.[K+]. The summed E-state index contributed by atoms with van der Waals surface area (Å²) in [4.78, 5) is 0.0261. The first kappa shape index (κ1) is 41.3. The zero-order valence-electron chi connectivity index (χ0n) is 28.4. The van der Waals surface area contributed by atoms with E-state index >= 15 is 0 Å². The third-order valence-corrected chi connectivity index (χ3v) is 9.97. The second-order valence-corrected chi connectivity index (χ2v) is 14.1. The molecular weight excluding hydrogens is 576 g/mol. The quantitative estimate of drug-likeness (QED) is 0.0557. The van der Waals surface area contributed by atoms with Crippen molar-refractivity contribution in [3.63, 3.8) is 0 Å². The Balaban J connectivity index is 0.00000924. The number of benzene rings is 2. The largest absolute Gasteiger partial charge is 1.00 e. The van der Waals surface area contributed by atoms with Crippen molar-refractivity contribution in [2.45, 2.75) is 186 Å². The van der Waals surface area contributed by atoms with E-state index in [-0.39, 0.29) is 56.3 Å². The van der Waals surface area contributed by atoms with Gasteiger partial charge in [0.05, 0.1) is 4.90 Å². The molecule has 0 bridgehead atoms. The van der Waals surface area contributed by atoms with Gasteiger partial charge in [0.25, 0.3) is 0 Å². The van der Waals surface area contributed by atoms with Crippen LogP contribution in [0, 0.1) is 0 Å². The van der Waals surface area contributed by atoms with E-state index < -0.39 is 10.1 Å². The molecule has 2 rings (SSSR count). The van der Waals surface area contributed by atoms with Crippen LogP contribution in [0.5, 0.6) is 0 Å². The van der Waals surface area contributed by atoms with E-state index in [4.69, 9.17) is 0 Å². The molecule has 0 aromatic heterocycles. The normalized spacial score (nSPS) is 11.7. The summed E-state index contributed by atoms with van der Waals surface area (Å²) in [7, 11) is -4.52. The van der Waals surface area contributed by atoms with Crippen LogP contribution in [0.15, 0.2) is 35.2 Å². The van der Waals surface area contributed by atoms with Gasteiger partial charge in [-0.3, -0.25) is 0 Å². The van der Waals surface area contributed by atoms with E-state index in [1.54, 1.807) is 6.07 Å². The third-order valence-electron chi connectivity index (χ3n) is 9.06. The molecule has 0 aliphatic heterocycles. The van der Waals surface area contributed by atoms with Gasteiger partial charge >= 0.3 is 51.4 Å². The van der Waals surface area contributed by atoms with Crippen molar-refractivity contribution >= 4 is 20.9 Å². The Bertz CT molecular complexity index is 1070. The molecule has 0 saturated carbocycles. The predicted octanol–water partition coefficient (Wildman–Crippen LogP) is 9.24. The van der Waals surface area contributed by atoms with Crippen molar-refractivity contribution in [1.29, 1.82) is 0 Å². The minimum absolute atomic E-state index is 0. The van der Waals surface area contributed by atoms with Crippen LogP contribution in [0.1, 0.15) is 179 Å². The van der Waals surface area contributed by atoms with Crippen LogP contribution >= 0.6 is 0 Å². The number of fused-ring (bicyclic) bond motifs is 1. The summed E-state index contributed by atoms with van der Waals surface area (Å²) < 4.78 is 37.2. The second kappa shape index (κ2) is 26.3. The average Bonchev–Trinajstić information content (AvgIpc) is 2.98. The van der Waals surface area contributed by atoms with Crippen LogP contribution in [0.25, 0.3) is 10.8 Å². The minimum Gasteiger partial charge on any atom is -0.744 e. The molecule has 2 aromatic carbocycles. The van der Waals surface area contributed by atoms with E-state index in [9.17, 15) is 13.0 Å². The van der Waals surface area contributed by atoms with Crippen LogP contribution in [-0.2, 0) is 23.0 Å². The number of hydrogen-bond donors (Lipinski definition) is 0. The summed E-state index contributed by atoms with van der Waals surface area (Å²) in [5.74, 6) is 0. The first-order chi connectivity index (χ1) is 20.5. The Kier molecular flexibility index (Phi) is 25.3. The summed E-state index contributed by atoms with van der Waals surface area (Å²) >= 11 is 0. The number of aryl methyl sites for hydroxylation is 1. The molecule has 0 N–H and O–H groups in total. The van der Waals surface area contributed by atoms with Gasteiger partial charge in [-0.1, -0.05) is 179 Å². The summed E-state index contributed by atoms with van der Waals surface area (Å²) in [6.07, 6.45) is 32.5. The smallest absolute Gasteiger partial charge is 0.744 e. The van der Waals surface area contributed by atoms with Gasteiger partial charge in [0.15, 0.2) is 0 Å². The van der Waals surface area contributed by atoms with Crippen molar-refractivity contribution in [3.05, 3.63) is 41.5 Å². The molecular formula is C38H63KO3S. The third kappa shape index (κ3) is 18.2. The van der Waals surface area contributed by atoms with Crippen molar-refractivity contribution in [1.82, 2.24) is 0 Å². The zero-order chi connectivity index (χ0) is 30.3. The molecule has 0 heterocycles. The molecule has 240 valence electrons. The van der Waals surface area contributed by atoms with E-state index in [1.807, 2.05) is 18.2 Å². The Morgan fingerprint density at radius 3 is 1.26 bits per heavy atom. The van der Waals surface area contributed by atoms with E-state index in [0.29, 0.717) is 6.42 Å². The van der Waals surface area contributed by atoms with E-state index in [0.717, 1.165) is 54.0 Å². The standard InChI is InChI=1S/C38H64O3S.K/c1-3-5-7-9-11-13-15-17-19-21-23-25-31-36-35-30-28-27-29-34(35)33-38(42(39,40)41)37(36)32-26-24-22-20-18-16-14-12-10-8-6-4-2;/h27-30,33H,3-26,31-32H2,1-2H3,(H,39,40,41);/q;+1/p-1. The monoisotopic (exact) mass is 638 g/mol. The van der Waals surface area contributed by atoms with Gasteiger partial charge in [0.1, 0.15) is 10.1 Å². The molecule has 0 aliphatic rings. The molecule has 5 heteroatoms. The first-order valence-electron chi connectivity index (χ1n) is 18.0. The fraction of sp³-hybridized carbons (Fsp3) is 0.737. The van der Waals surface area contributed by atoms with Gasteiger partial charge in [-0.25, -0.2) is 8.42 Å². The zero-order valence-corrected chi connectivity index (χ0v) is 32.3. The topological polar surface area (TPSA) is 57.2 Å². The number of unbranched alkanes of at least 4 members (excludes halogenated alkanes) is 22. The summed E-state index contributed by atoms with van der Waals surface area (Å²) in [5, 5.41) is 2.00. The van der Waals surface area contributed by atoms with Gasteiger partial charge < -0.3 is 4.55 Å². The van der Waals surface area contributed by atoms with Crippen LogP contribution < -0.4 is 51.4 Å². The maximum Gasteiger partial charge on any atom is 1.00 e. The van der Waals surface area contributed by atoms with Crippen LogP contribution in [0.4, 0.5) is 0 Å². The summed E-state index contributed by atoms with van der Waals surface area (Å²) in [6, 6.07) is 9.66. The summed E-state index contributed by atoms with van der Waals surface area (Å²) in [5.41, 5.74) is 1.91. The van der Waals surface area contributed by atoms with Crippen LogP contribution in [0.2, 0.25) is 0 Å². The van der Waals surface area contributed by atoms with Gasteiger partial charge in [-0.05, 0) is 53.6 Å². The Morgan fingerprint density at radius 2 is 0.860 bits per heavy atom. The Morgan fingerprint density at radius 1 is 0.512 bits per heavy atom. The molecule has 43 heavy (non-hydrogen) atoms. The molecule has 0 aliphatic carbocycles.